The number of amides is 1. The predicted octanol–water partition coefficient (Wildman–Crippen LogP) is 16.1. The summed E-state index contributed by atoms with van der Waals surface area (Å²) < 4.78 is 5.94. The molecule has 0 aliphatic carbocycles. The molecule has 0 aromatic rings. The van der Waals surface area contributed by atoms with Gasteiger partial charge in [0.15, 0.2) is 0 Å². The first-order chi connectivity index (χ1) is 30.0. The second-order valence-electron chi connectivity index (χ2n) is 18.3. The van der Waals surface area contributed by atoms with Crippen LogP contribution in [0.15, 0.2) is 36.5 Å². The molecule has 0 heterocycles. The molecular formula is C55H103NO5. The Labute approximate surface area is 379 Å². The Kier molecular flexibility index (Phi) is 47.6. The van der Waals surface area contributed by atoms with Crippen molar-refractivity contribution in [1.82, 2.24) is 5.32 Å². The van der Waals surface area contributed by atoms with E-state index < -0.39 is 18.2 Å². The molecule has 358 valence electrons. The number of aliphatic hydroxyl groups excluding tert-OH is 2. The molecule has 0 saturated heterocycles. The lowest BCUT2D eigenvalue weighted by Crippen LogP contribution is -2.46. The molecule has 0 fully saturated rings. The van der Waals surface area contributed by atoms with Gasteiger partial charge in [-0.05, 0) is 51.4 Å². The van der Waals surface area contributed by atoms with Crippen LogP contribution in [0.2, 0.25) is 0 Å². The first kappa shape index (κ1) is 59.1. The Hall–Kier alpha value is -1.92. The zero-order valence-electron chi connectivity index (χ0n) is 40.8. The van der Waals surface area contributed by atoms with Crippen molar-refractivity contribution in [2.45, 2.75) is 296 Å². The predicted molar refractivity (Wildman–Crippen MR) is 264 cm³/mol. The molecule has 0 aliphatic rings. The number of hydrogen-bond acceptors (Lipinski definition) is 5. The number of ether oxygens (including phenoxy) is 1. The Bertz CT molecular complexity index is 1010. The average molecular weight is 858 g/mol. The molecule has 3 N–H and O–H groups in total. The number of rotatable bonds is 48. The summed E-state index contributed by atoms with van der Waals surface area (Å²) in [7, 11) is 0. The van der Waals surface area contributed by atoms with Crippen molar-refractivity contribution in [3.8, 4) is 0 Å². The molecule has 0 aromatic heterocycles. The minimum Gasteiger partial charge on any atom is -0.462 e. The minimum atomic E-state index is -0.788. The average Bonchev–Trinajstić information content (AvgIpc) is 3.25. The van der Waals surface area contributed by atoms with E-state index in [1.54, 1.807) is 0 Å². The molecule has 0 bridgehead atoms. The number of allylic oxidation sites excluding steroid dienone is 6. The van der Waals surface area contributed by atoms with Crippen LogP contribution in [0.5, 0.6) is 0 Å². The number of unbranched alkanes of at least 4 members (excludes halogenated alkanes) is 32. The van der Waals surface area contributed by atoms with Gasteiger partial charge in [0.1, 0.15) is 6.10 Å². The number of carbonyl (C=O) groups excluding carboxylic acids is 2. The van der Waals surface area contributed by atoms with Gasteiger partial charge >= 0.3 is 5.97 Å². The van der Waals surface area contributed by atoms with E-state index >= 15 is 0 Å². The third-order valence-electron chi connectivity index (χ3n) is 12.3. The largest absolute Gasteiger partial charge is 0.462 e. The molecular weight excluding hydrogens is 755 g/mol. The Morgan fingerprint density at radius 3 is 1.25 bits per heavy atom. The van der Waals surface area contributed by atoms with E-state index in [4.69, 9.17) is 4.74 Å². The first-order valence-electron chi connectivity index (χ1n) is 26.7. The van der Waals surface area contributed by atoms with E-state index in [1.807, 2.05) is 0 Å². The summed E-state index contributed by atoms with van der Waals surface area (Å²) in [6, 6.07) is -0.702. The van der Waals surface area contributed by atoms with Gasteiger partial charge in [-0.3, -0.25) is 9.59 Å². The van der Waals surface area contributed by atoms with Gasteiger partial charge in [0.25, 0.3) is 0 Å². The molecule has 1 amide bonds. The highest BCUT2D eigenvalue weighted by Gasteiger charge is 2.24. The molecule has 6 nitrogen and oxygen atoms in total. The van der Waals surface area contributed by atoms with Crippen molar-refractivity contribution >= 4 is 11.9 Å². The molecule has 0 radical (unpaired) electrons. The van der Waals surface area contributed by atoms with Crippen LogP contribution in [-0.2, 0) is 14.3 Å². The zero-order chi connectivity index (χ0) is 44.5. The highest BCUT2D eigenvalue weighted by Crippen LogP contribution is 2.18. The van der Waals surface area contributed by atoms with E-state index in [2.05, 4.69) is 62.5 Å². The quantitative estimate of drug-likeness (QED) is 0.0322. The van der Waals surface area contributed by atoms with E-state index in [1.165, 1.54) is 161 Å². The van der Waals surface area contributed by atoms with Crippen LogP contribution in [0.4, 0.5) is 0 Å². The zero-order valence-corrected chi connectivity index (χ0v) is 40.8. The fraction of sp³-hybridized carbons (Fsp3) is 0.855. The van der Waals surface area contributed by atoms with Crippen molar-refractivity contribution in [3.05, 3.63) is 36.5 Å². The summed E-state index contributed by atoms with van der Waals surface area (Å²) >= 11 is 0. The molecule has 0 aromatic carbocycles. The van der Waals surface area contributed by atoms with Gasteiger partial charge in [-0.15, -0.1) is 0 Å². The smallest absolute Gasteiger partial charge is 0.306 e. The molecule has 6 heteroatoms. The fourth-order valence-electron chi connectivity index (χ4n) is 8.20. The van der Waals surface area contributed by atoms with E-state index in [0.717, 1.165) is 70.6 Å². The maximum atomic E-state index is 13.2. The summed E-state index contributed by atoms with van der Waals surface area (Å²) in [5, 5.41) is 23.8. The second-order valence-corrected chi connectivity index (χ2v) is 18.3. The SMILES string of the molecule is CCCCCCC/C=C/C=C/C=C/CCCCCCCC(=O)OC(CCCCCCCCCCCCCCC)CC(=O)NC(CO)C(O)CCCCCCCCCCCCC. The minimum absolute atomic E-state index is 0.0732. The molecule has 61 heavy (non-hydrogen) atoms. The number of aliphatic hydroxyl groups is 2. The number of esters is 1. The van der Waals surface area contributed by atoms with Crippen molar-refractivity contribution in [2.75, 3.05) is 6.61 Å². The van der Waals surface area contributed by atoms with Gasteiger partial charge in [0.2, 0.25) is 5.91 Å². The Morgan fingerprint density at radius 1 is 0.475 bits per heavy atom. The van der Waals surface area contributed by atoms with Crippen LogP contribution in [-0.4, -0.2) is 46.9 Å². The summed E-state index contributed by atoms with van der Waals surface area (Å²) in [5.74, 6) is -0.485. The van der Waals surface area contributed by atoms with Crippen LogP contribution in [0.3, 0.4) is 0 Å². The lowest BCUT2D eigenvalue weighted by Gasteiger charge is -2.24. The summed E-state index contributed by atoms with van der Waals surface area (Å²) in [6.07, 6.45) is 57.7. The standard InChI is InChI=1S/C55H103NO5/c1-4-7-10-13-16-19-22-24-25-26-27-28-30-33-36-39-42-45-48-55(60)61-51(46-43-40-37-34-32-29-23-20-17-14-11-8-5-2)49-54(59)56-52(50-57)53(58)47-44-41-38-35-31-21-18-15-12-9-6-3/h22,24-28,51-53,57-58H,4-21,23,29-50H2,1-3H3,(H,56,59)/b24-22+,26-25+,28-27+. The van der Waals surface area contributed by atoms with Crippen LogP contribution in [0, 0.1) is 0 Å². The van der Waals surface area contributed by atoms with E-state index in [9.17, 15) is 19.8 Å². The number of hydrogen-bond donors (Lipinski definition) is 3. The highest BCUT2D eigenvalue weighted by molar-refractivity contribution is 5.77. The molecule has 3 unspecified atom stereocenters. The van der Waals surface area contributed by atoms with Crippen molar-refractivity contribution < 1.29 is 24.5 Å². The fourth-order valence-corrected chi connectivity index (χ4v) is 8.20. The topological polar surface area (TPSA) is 95.9 Å². The Balaban J connectivity index is 4.57. The van der Waals surface area contributed by atoms with Gasteiger partial charge in [-0.1, -0.05) is 250 Å². The molecule has 0 saturated carbocycles. The van der Waals surface area contributed by atoms with Gasteiger partial charge in [-0.25, -0.2) is 0 Å². The van der Waals surface area contributed by atoms with Crippen molar-refractivity contribution in [2.24, 2.45) is 0 Å². The second kappa shape index (κ2) is 49.1. The maximum Gasteiger partial charge on any atom is 0.306 e. The van der Waals surface area contributed by atoms with E-state index in [0.29, 0.717) is 19.3 Å². The van der Waals surface area contributed by atoms with Crippen molar-refractivity contribution in [1.29, 1.82) is 0 Å². The molecule has 3 atom stereocenters. The van der Waals surface area contributed by atoms with Crippen LogP contribution in [0.1, 0.15) is 278 Å². The third-order valence-corrected chi connectivity index (χ3v) is 12.3. The lowest BCUT2D eigenvalue weighted by atomic mass is 10.0. The van der Waals surface area contributed by atoms with Gasteiger partial charge < -0.3 is 20.3 Å². The lowest BCUT2D eigenvalue weighted by molar-refractivity contribution is -0.151. The van der Waals surface area contributed by atoms with Crippen molar-refractivity contribution in [3.63, 3.8) is 0 Å². The maximum absolute atomic E-state index is 13.2. The third kappa shape index (κ3) is 44.5. The molecule has 0 spiro atoms. The number of nitrogens with one attached hydrogen (secondary N) is 1. The Morgan fingerprint density at radius 2 is 0.836 bits per heavy atom. The summed E-state index contributed by atoms with van der Waals surface area (Å²) in [6.45, 7) is 6.47. The first-order valence-corrected chi connectivity index (χ1v) is 26.7. The monoisotopic (exact) mass is 858 g/mol. The van der Waals surface area contributed by atoms with Gasteiger partial charge in [0.05, 0.1) is 25.2 Å². The molecule has 0 rings (SSSR count). The normalized spacial score (nSPS) is 13.5. The van der Waals surface area contributed by atoms with Gasteiger partial charge in [0, 0.05) is 6.42 Å². The van der Waals surface area contributed by atoms with Crippen LogP contribution >= 0.6 is 0 Å². The van der Waals surface area contributed by atoms with Crippen LogP contribution in [0.25, 0.3) is 0 Å². The van der Waals surface area contributed by atoms with E-state index in [-0.39, 0.29) is 24.9 Å². The summed E-state index contributed by atoms with van der Waals surface area (Å²) in [5.41, 5.74) is 0. The van der Waals surface area contributed by atoms with Gasteiger partial charge in [-0.2, -0.15) is 0 Å². The number of carbonyl (C=O) groups is 2. The highest BCUT2D eigenvalue weighted by atomic mass is 16.5. The summed E-state index contributed by atoms with van der Waals surface area (Å²) in [4.78, 5) is 26.2. The van der Waals surface area contributed by atoms with Crippen LogP contribution < -0.4 is 5.32 Å². The molecule has 0 aliphatic heterocycles.